The first kappa shape index (κ1) is 14.7. The number of likely N-dealkylation sites (N-methyl/N-ethyl adjacent to an activating group) is 1. The van der Waals surface area contributed by atoms with Crippen LogP contribution in [0.2, 0.25) is 0 Å². The predicted molar refractivity (Wildman–Crippen MR) is 74.5 cm³/mol. The quantitative estimate of drug-likeness (QED) is 0.461. The Kier molecular flexibility index (Phi) is 4.02. The van der Waals surface area contributed by atoms with E-state index in [4.69, 9.17) is 5.73 Å². The average molecular weight is 289 g/mol. The van der Waals surface area contributed by atoms with Crippen molar-refractivity contribution in [2.75, 3.05) is 12.8 Å². The lowest BCUT2D eigenvalue weighted by Crippen LogP contribution is -2.53. The van der Waals surface area contributed by atoms with Gasteiger partial charge in [0.1, 0.15) is 6.04 Å². The Bertz CT molecular complexity index is 627. The number of carbonyl (C=O) groups excluding carboxylic acids is 4. The van der Waals surface area contributed by atoms with Gasteiger partial charge in [0.05, 0.1) is 5.56 Å². The Morgan fingerprint density at radius 2 is 2.14 bits per heavy atom. The molecule has 1 heterocycles. The number of amides is 3. The number of aldehydes is 1. The van der Waals surface area contributed by atoms with E-state index in [0.29, 0.717) is 12.0 Å². The van der Waals surface area contributed by atoms with Crippen LogP contribution in [-0.4, -0.2) is 42.0 Å². The first-order valence-corrected chi connectivity index (χ1v) is 6.39. The summed E-state index contributed by atoms with van der Waals surface area (Å²) in [4.78, 5) is 47.6. The van der Waals surface area contributed by atoms with Gasteiger partial charge in [-0.2, -0.15) is 0 Å². The average Bonchev–Trinajstić information content (AvgIpc) is 2.45. The van der Waals surface area contributed by atoms with Crippen molar-refractivity contribution < 1.29 is 19.2 Å². The van der Waals surface area contributed by atoms with E-state index in [1.54, 1.807) is 0 Å². The maximum absolute atomic E-state index is 12.4. The third-order valence-electron chi connectivity index (χ3n) is 3.43. The largest absolute Gasteiger partial charge is 0.399 e. The molecule has 1 aromatic rings. The van der Waals surface area contributed by atoms with Gasteiger partial charge >= 0.3 is 0 Å². The number of hydrogen-bond acceptors (Lipinski definition) is 5. The lowest BCUT2D eigenvalue weighted by molar-refractivity contribution is -0.136. The van der Waals surface area contributed by atoms with E-state index in [1.807, 2.05) is 0 Å². The summed E-state index contributed by atoms with van der Waals surface area (Å²) in [5.41, 5.74) is 6.32. The van der Waals surface area contributed by atoms with Crippen LogP contribution >= 0.6 is 0 Å². The maximum Gasteiger partial charge on any atom is 0.255 e. The summed E-state index contributed by atoms with van der Waals surface area (Å²) in [7, 11) is 1.46. The molecule has 1 unspecified atom stereocenters. The van der Waals surface area contributed by atoms with Crippen molar-refractivity contribution in [3.8, 4) is 0 Å². The van der Waals surface area contributed by atoms with Crippen LogP contribution in [0.25, 0.3) is 0 Å². The van der Waals surface area contributed by atoms with E-state index in [2.05, 4.69) is 5.32 Å². The summed E-state index contributed by atoms with van der Waals surface area (Å²) in [5, 5.41) is 2.19. The van der Waals surface area contributed by atoms with Crippen LogP contribution in [0.3, 0.4) is 0 Å². The van der Waals surface area contributed by atoms with E-state index < -0.39 is 17.9 Å². The van der Waals surface area contributed by atoms with Crippen LogP contribution in [0.1, 0.15) is 33.6 Å². The van der Waals surface area contributed by atoms with Crippen LogP contribution in [-0.2, 0) is 9.59 Å². The molecule has 1 aliphatic rings. The van der Waals surface area contributed by atoms with Gasteiger partial charge in [-0.15, -0.1) is 0 Å². The Morgan fingerprint density at radius 1 is 1.43 bits per heavy atom. The van der Waals surface area contributed by atoms with Crippen LogP contribution in [0.15, 0.2) is 18.2 Å². The number of carbonyl (C=O) groups is 4. The number of rotatable bonds is 3. The van der Waals surface area contributed by atoms with Gasteiger partial charge < -0.3 is 10.6 Å². The molecule has 1 aromatic carbocycles. The van der Waals surface area contributed by atoms with Gasteiger partial charge in [-0.05, 0) is 24.6 Å². The van der Waals surface area contributed by atoms with Crippen LogP contribution in [0.5, 0.6) is 0 Å². The fourth-order valence-electron chi connectivity index (χ4n) is 2.25. The molecule has 21 heavy (non-hydrogen) atoms. The van der Waals surface area contributed by atoms with Crippen molar-refractivity contribution in [1.82, 2.24) is 10.2 Å². The molecule has 110 valence electrons. The molecule has 1 aliphatic heterocycles. The summed E-state index contributed by atoms with van der Waals surface area (Å²) >= 11 is 0. The lowest BCUT2D eigenvalue weighted by Gasteiger charge is -2.30. The van der Waals surface area contributed by atoms with Gasteiger partial charge in [-0.3, -0.25) is 24.5 Å². The van der Waals surface area contributed by atoms with Gasteiger partial charge in [-0.25, -0.2) is 0 Å². The molecule has 3 N–H and O–H groups in total. The van der Waals surface area contributed by atoms with E-state index in [9.17, 15) is 19.2 Å². The van der Waals surface area contributed by atoms with E-state index in [0.717, 1.165) is 0 Å². The van der Waals surface area contributed by atoms with Crippen LogP contribution in [0, 0.1) is 0 Å². The predicted octanol–water partition coefficient (Wildman–Crippen LogP) is -0.0415. The van der Waals surface area contributed by atoms with Gasteiger partial charge in [-0.1, -0.05) is 0 Å². The number of imide groups is 1. The molecule has 1 fully saturated rings. The minimum Gasteiger partial charge on any atom is -0.399 e. The molecule has 1 atom stereocenters. The lowest BCUT2D eigenvalue weighted by atomic mass is 10.0. The zero-order chi connectivity index (χ0) is 15.6. The van der Waals surface area contributed by atoms with E-state index in [-0.39, 0.29) is 29.9 Å². The minimum absolute atomic E-state index is 0.136. The van der Waals surface area contributed by atoms with Crippen LogP contribution in [0.4, 0.5) is 5.69 Å². The summed E-state index contributed by atoms with van der Waals surface area (Å²) in [6.45, 7) is 0. The Hall–Kier alpha value is -2.70. The van der Waals surface area contributed by atoms with Gasteiger partial charge in [0.2, 0.25) is 11.8 Å². The highest BCUT2D eigenvalue weighted by Gasteiger charge is 2.33. The normalized spacial score (nSPS) is 18.0. The first-order chi connectivity index (χ1) is 9.93. The zero-order valence-electron chi connectivity index (χ0n) is 11.5. The van der Waals surface area contributed by atoms with E-state index in [1.165, 1.54) is 30.1 Å². The van der Waals surface area contributed by atoms with Gasteiger partial charge in [0, 0.05) is 24.7 Å². The zero-order valence-corrected chi connectivity index (χ0v) is 11.5. The number of nitrogen functional groups attached to an aromatic ring is 1. The standard InChI is InChI=1S/C14H15N3O4/c1-17(11-4-5-12(19)16-13(11)20)14(21)10-6-9(15)3-2-8(10)7-18/h2-3,6-7,11H,4-5,15H2,1H3,(H,16,19,20). The molecule has 3 amide bonds. The van der Waals surface area contributed by atoms with Crippen molar-refractivity contribution in [1.29, 1.82) is 0 Å². The van der Waals surface area contributed by atoms with Crippen molar-refractivity contribution in [2.45, 2.75) is 18.9 Å². The minimum atomic E-state index is -0.740. The second-order valence-corrected chi connectivity index (χ2v) is 4.85. The number of nitrogens with one attached hydrogen (secondary N) is 1. The molecule has 0 spiro atoms. The third kappa shape index (κ3) is 2.91. The molecule has 0 saturated carbocycles. The molecule has 7 heteroatoms. The number of hydrogen-bond donors (Lipinski definition) is 2. The monoisotopic (exact) mass is 289 g/mol. The van der Waals surface area contributed by atoms with Crippen LogP contribution < -0.4 is 11.1 Å². The molecule has 0 bridgehead atoms. The summed E-state index contributed by atoms with van der Waals surface area (Å²) < 4.78 is 0. The third-order valence-corrected chi connectivity index (χ3v) is 3.43. The highest BCUT2D eigenvalue weighted by atomic mass is 16.2. The number of piperidine rings is 1. The second-order valence-electron chi connectivity index (χ2n) is 4.85. The number of anilines is 1. The molecule has 2 rings (SSSR count). The number of nitrogens with two attached hydrogens (primary N) is 1. The highest BCUT2D eigenvalue weighted by molar-refractivity contribution is 6.06. The molecule has 1 saturated heterocycles. The molecule has 0 radical (unpaired) electrons. The molecule has 0 aromatic heterocycles. The Labute approximate surface area is 121 Å². The number of nitrogens with zero attached hydrogens (tertiary/aromatic N) is 1. The van der Waals surface area contributed by atoms with Gasteiger partial charge in [0.15, 0.2) is 6.29 Å². The molecule has 0 aliphatic carbocycles. The maximum atomic E-state index is 12.4. The highest BCUT2D eigenvalue weighted by Crippen LogP contribution is 2.18. The van der Waals surface area contributed by atoms with Crippen molar-refractivity contribution in [3.05, 3.63) is 29.3 Å². The van der Waals surface area contributed by atoms with Crippen molar-refractivity contribution >= 4 is 29.7 Å². The Morgan fingerprint density at radius 3 is 2.76 bits per heavy atom. The number of benzene rings is 1. The van der Waals surface area contributed by atoms with E-state index >= 15 is 0 Å². The molecule has 7 nitrogen and oxygen atoms in total. The fraction of sp³-hybridized carbons (Fsp3) is 0.286. The second kappa shape index (κ2) is 5.74. The Balaban J connectivity index is 2.27. The van der Waals surface area contributed by atoms with Gasteiger partial charge in [0.25, 0.3) is 5.91 Å². The van der Waals surface area contributed by atoms with Crippen molar-refractivity contribution in [3.63, 3.8) is 0 Å². The topological polar surface area (TPSA) is 110 Å². The summed E-state index contributed by atoms with van der Waals surface area (Å²) in [6.07, 6.45) is 0.988. The molecular formula is C14H15N3O4. The smallest absolute Gasteiger partial charge is 0.255 e. The summed E-state index contributed by atoms with van der Waals surface area (Å²) in [6, 6.07) is 3.63. The first-order valence-electron chi connectivity index (χ1n) is 6.39. The SMILES string of the molecule is CN(C(=O)c1cc(N)ccc1C=O)C1CCC(=O)NC1=O. The fourth-order valence-corrected chi connectivity index (χ4v) is 2.25. The molecular weight excluding hydrogens is 274 g/mol. The summed E-state index contributed by atoms with van der Waals surface area (Å²) in [5.74, 6) is -1.35. The van der Waals surface area contributed by atoms with Crippen molar-refractivity contribution in [2.24, 2.45) is 0 Å².